The molecule has 0 N–H and O–H groups in total. The van der Waals surface area contributed by atoms with Crippen molar-refractivity contribution in [1.29, 1.82) is 0 Å². The predicted molar refractivity (Wildman–Crippen MR) is 90.6 cm³/mol. The zero-order valence-electron chi connectivity index (χ0n) is 14.2. The quantitative estimate of drug-likeness (QED) is 0.749. The number of benzene rings is 1. The Kier molecular flexibility index (Phi) is 5.64. The summed E-state index contributed by atoms with van der Waals surface area (Å²) in [6, 6.07) is 5.04. The van der Waals surface area contributed by atoms with Crippen LogP contribution in [0.2, 0.25) is 0 Å². The van der Waals surface area contributed by atoms with Crippen LogP contribution in [0.15, 0.2) is 18.2 Å². The second-order valence-electron chi connectivity index (χ2n) is 6.13. The smallest absolute Gasteiger partial charge is 0.338 e. The summed E-state index contributed by atoms with van der Waals surface area (Å²) >= 11 is 0. The Labute approximate surface area is 142 Å². The van der Waals surface area contributed by atoms with E-state index in [2.05, 4.69) is 0 Å². The summed E-state index contributed by atoms with van der Waals surface area (Å²) in [4.78, 5) is 25.9. The first-order valence-corrected chi connectivity index (χ1v) is 9.80. The van der Waals surface area contributed by atoms with Gasteiger partial charge in [0.15, 0.2) is 16.4 Å². The Morgan fingerprint density at radius 2 is 2.00 bits per heavy atom. The zero-order valence-corrected chi connectivity index (χ0v) is 15.1. The van der Waals surface area contributed by atoms with Crippen LogP contribution in [-0.4, -0.2) is 55.9 Å². The fourth-order valence-electron chi connectivity index (χ4n) is 2.99. The van der Waals surface area contributed by atoms with Gasteiger partial charge in [0.2, 0.25) is 0 Å². The van der Waals surface area contributed by atoms with Crippen LogP contribution in [0.5, 0.6) is 0 Å². The molecule has 1 amide bonds. The number of aryl methyl sites for hydroxylation is 2. The lowest BCUT2D eigenvalue weighted by molar-refractivity contribution is -0.136. The summed E-state index contributed by atoms with van der Waals surface area (Å²) in [5.74, 6) is -0.824. The summed E-state index contributed by atoms with van der Waals surface area (Å²) in [6.07, 6.45) is 0.437. The summed E-state index contributed by atoms with van der Waals surface area (Å²) in [5.41, 5.74) is 2.27. The van der Waals surface area contributed by atoms with E-state index < -0.39 is 15.8 Å². The van der Waals surface area contributed by atoms with E-state index in [1.807, 2.05) is 26.0 Å². The molecule has 1 aliphatic heterocycles. The lowest BCUT2D eigenvalue weighted by Crippen LogP contribution is -2.43. The van der Waals surface area contributed by atoms with Gasteiger partial charge < -0.3 is 9.64 Å². The predicted octanol–water partition coefficient (Wildman–Crippen LogP) is 1.50. The van der Waals surface area contributed by atoms with Gasteiger partial charge in [-0.2, -0.15) is 0 Å². The molecule has 2 rings (SSSR count). The van der Waals surface area contributed by atoms with E-state index in [4.69, 9.17) is 4.74 Å². The Hall–Kier alpha value is -1.89. The molecular formula is C17H23NO5S. The van der Waals surface area contributed by atoms with Crippen molar-refractivity contribution in [3.63, 3.8) is 0 Å². The number of carbonyl (C=O) groups excluding carboxylic acids is 2. The van der Waals surface area contributed by atoms with Crippen molar-refractivity contribution >= 4 is 21.7 Å². The number of rotatable bonds is 5. The molecule has 1 aromatic carbocycles. The summed E-state index contributed by atoms with van der Waals surface area (Å²) in [5, 5.41) is 0. The van der Waals surface area contributed by atoms with Crippen molar-refractivity contribution in [2.75, 3.05) is 24.7 Å². The third-order valence-corrected chi connectivity index (χ3v) is 5.99. The minimum absolute atomic E-state index is 0.0163. The molecule has 0 aliphatic carbocycles. The average Bonchev–Trinajstić information content (AvgIpc) is 2.85. The van der Waals surface area contributed by atoms with E-state index in [-0.39, 0.29) is 30.1 Å². The molecule has 0 spiro atoms. The number of esters is 1. The molecular weight excluding hydrogens is 330 g/mol. The van der Waals surface area contributed by atoms with Crippen LogP contribution in [0.25, 0.3) is 0 Å². The molecule has 1 aliphatic rings. The second-order valence-corrected chi connectivity index (χ2v) is 8.36. The lowest BCUT2D eigenvalue weighted by Gasteiger charge is -2.26. The van der Waals surface area contributed by atoms with Crippen LogP contribution >= 0.6 is 0 Å². The Morgan fingerprint density at radius 3 is 2.54 bits per heavy atom. The average molecular weight is 353 g/mol. The van der Waals surface area contributed by atoms with Crippen molar-refractivity contribution < 1.29 is 22.7 Å². The molecule has 1 atom stereocenters. The number of sulfone groups is 1. The van der Waals surface area contributed by atoms with Crippen molar-refractivity contribution in [1.82, 2.24) is 4.90 Å². The molecule has 7 heteroatoms. The Morgan fingerprint density at radius 1 is 1.29 bits per heavy atom. The van der Waals surface area contributed by atoms with Crippen molar-refractivity contribution in [2.24, 2.45) is 0 Å². The van der Waals surface area contributed by atoms with Gasteiger partial charge in [0.1, 0.15) is 0 Å². The molecule has 0 radical (unpaired) electrons. The Balaban J connectivity index is 1.97. The summed E-state index contributed by atoms with van der Waals surface area (Å²) in [6.45, 7) is 5.54. The minimum atomic E-state index is -3.07. The van der Waals surface area contributed by atoms with Crippen LogP contribution in [0.4, 0.5) is 0 Å². The number of hydrogen-bond acceptors (Lipinski definition) is 5. The van der Waals surface area contributed by atoms with Crippen LogP contribution in [0.3, 0.4) is 0 Å². The highest BCUT2D eigenvalue weighted by atomic mass is 32.2. The molecule has 1 fully saturated rings. The summed E-state index contributed by atoms with van der Waals surface area (Å²) in [7, 11) is -3.07. The van der Waals surface area contributed by atoms with Crippen LogP contribution in [0.1, 0.15) is 34.8 Å². The van der Waals surface area contributed by atoms with Gasteiger partial charge in [-0.3, -0.25) is 4.79 Å². The molecule has 1 heterocycles. The van der Waals surface area contributed by atoms with Crippen LogP contribution in [0, 0.1) is 13.8 Å². The first-order chi connectivity index (χ1) is 11.2. The molecule has 6 nitrogen and oxygen atoms in total. The highest BCUT2D eigenvalue weighted by molar-refractivity contribution is 7.91. The highest BCUT2D eigenvalue weighted by Gasteiger charge is 2.34. The third-order valence-electron chi connectivity index (χ3n) is 4.24. The van der Waals surface area contributed by atoms with Gasteiger partial charge in [-0.15, -0.1) is 0 Å². The second kappa shape index (κ2) is 7.34. The standard InChI is InChI=1S/C17H23NO5S/c1-4-18(14-7-8-24(21,22)11-14)16(19)10-23-17(20)15-6-5-12(2)9-13(15)3/h5-6,9,14H,4,7-8,10-11H2,1-3H3/t14-/m0/s1. The molecule has 1 saturated heterocycles. The number of likely N-dealkylation sites (N-methyl/N-ethyl adjacent to an activating group) is 1. The number of amides is 1. The highest BCUT2D eigenvalue weighted by Crippen LogP contribution is 2.18. The van der Waals surface area contributed by atoms with Crippen LogP contribution in [-0.2, 0) is 19.4 Å². The normalized spacial score (nSPS) is 19.0. The van der Waals surface area contributed by atoms with Crippen LogP contribution < -0.4 is 0 Å². The molecule has 0 saturated carbocycles. The summed E-state index contributed by atoms with van der Waals surface area (Å²) < 4.78 is 28.3. The van der Waals surface area contributed by atoms with Gasteiger partial charge in [0.05, 0.1) is 17.1 Å². The zero-order chi connectivity index (χ0) is 17.9. The van der Waals surface area contributed by atoms with Crippen molar-refractivity contribution in [3.05, 3.63) is 34.9 Å². The Bertz CT molecular complexity index is 741. The fourth-order valence-corrected chi connectivity index (χ4v) is 4.72. The number of nitrogens with zero attached hydrogens (tertiary/aromatic N) is 1. The molecule has 0 aromatic heterocycles. The van der Waals surface area contributed by atoms with Crippen molar-refractivity contribution in [2.45, 2.75) is 33.2 Å². The largest absolute Gasteiger partial charge is 0.452 e. The lowest BCUT2D eigenvalue weighted by atomic mass is 10.1. The third kappa shape index (κ3) is 4.35. The topological polar surface area (TPSA) is 80.8 Å². The molecule has 0 bridgehead atoms. The SMILES string of the molecule is CCN(C(=O)COC(=O)c1ccc(C)cc1C)[C@H]1CCS(=O)(=O)C1. The van der Waals surface area contributed by atoms with E-state index in [0.717, 1.165) is 11.1 Å². The van der Waals surface area contributed by atoms with E-state index in [0.29, 0.717) is 18.5 Å². The molecule has 1 aromatic rings. The first-order valence-electron chi connectivity index (χ1n) is 7.97. The van der Waals surface area contributed by atoms with E-state index >= 15 is 0 Å². The maximum absolute atomic E-state index is 12.3. The van der Waals surface area contributed by atoms with Gasteiger partial charge in [-0.05, 0) is 38.8 Å². The molecule has 132 valence electrons. The van der Waals surface area contributed by atoms with E-state index in [1.54, 1.807) is 13.0 Å². The van der Waals surface area contributed by atoms with Gasteiger partial charge in [0.25, 0.3) is 5.91 Å². The maximum Gasteiger partial charge on any atom is 0.338 e. The number of hydrogen-bond donors (Lipinski definition) is 0. The van der Waals surface area contributed by atoms with Gasteiger partial charge >= 0.3 is 5.97 Å². The number of ether oxygens (including phenoxy) is 1. The first kappa shape index (κ1) is 18.4. The van der Waals surface area contributed by atoms with Gasteiger partial charge in [-0.25, -0.2) is 13.2 Å². The monoisotopic (exact) mass is 353 g/mol. The minimum Gasteiger partial charge on any atom is -0.452 e. The maximum atomic E-state index is 12.3. The molecule has 0 unspecified atom stereocenters. The van der Waals surface area contributed by atoms with Gasteiger partial charge in [-0.1, -0.05) is 17.7 Å². The fraction of sp³-hybridized carbons (Fsp3) is 0.529. The van der Waals surface area contributed by atoms with Crippen molar-refractivity contribution in [3.8, 4) is 0 Å². The van der Waals surface area contributed by atoms with E-state index in [1.165, 1.54) is 4.90 Å². The molecule has 24 heavy (non-hydrogen) atoms. The van der Waals surface area contributed by atoms with Gasteiger partial charge in [0, 0.05) is 12.6 Å². The number of carbonyl (C=O) groups is 2. The van der Waals surface area contributed by atoms with E-state index in [9.17, 15) is 18.0 Å².